The lowest BCUT2D eigenvalue weighted by Gasteiger charge is -2.22. The first-order valence-corrected chi connectivity index (χ1v) is 5.94. The predicted molar refractivity (Wildman–Crippen MR) is 63.7 cm³/mol. The summed E-state index contributed by atoms with van der Waals surface area (Å²) in [4.78, 5) is 13.0. The molecular weight excluding hydrogens is 218 g/mol. The lowest BCUT2D eigenvalue weighted by molar-refractivity contribution is -0.138. The van der Waals surface area contributed by atoms with Gasteiger partial charge in [-0.05, 0) is 38.3 Å². The van der Waals surface area contributed by atoms with Crippen molar-refractivity contribution in [1.82, 2.24) is 4.90 Å². The van der Waals surface area contributed by atoms with Crippen molar-refractivity contribution in [3.63, 3.8) is 0 Å². The van der Waals surface area contributed by atoms with Crippen molar-refractivity contribution in [3.8, 4) is 0 Å². The number of hydrogen-bond donors (Lipinski definition) is 1. The van der Waals surface area contributed by atoms with Crippen LogP contribution in [0.15, 0.2) is 16.7 Å². The first-order valence-electron chi connectivity index (χ1n) is 5.94. The quantitative estimate of drug-likeness (QED) is 0.824. The summed E-state index contributed by atoms with van der Waals surface area (Å²) in [5.74, 6) is 0.260. The van der Waals surface area contributed by atoms with Gasteiger partial charge in [-0.25, -0.2) is 0 Å². The number of carboxylic acid groups (broad SMARTS) is 1. The first kappa shape index (κ1) is 12.2. The summed E-state index contributed by atoms with van der Waals surface area (Å²) < 4.78 is 5.25. The predicted octanol–water partition coefficient (Wildman–Crippen LogP) is 2.27. The van der Waals surface area contributed by atoms with E-state index in [-0.39, 0.29) is 5.41 Å². The third-order valence-corrected chi connectivity index (χ3v) is 3.50. The summed E-state index contributed by atoms with van der Waals surface area (Å²) in [6.45, 7) is 3.63. The summed E-state index contributed by atoms with van der Waals surface area (Å²) in [6, 6.07) is 1.97. The number of rotatable bonds is 6. The molecule has 1 aliphatic rings. The number of hydrogen-bond acceptors (Lipinski definition) is 3. The first-order chi connectivity index (χ1) is 8.01. The minimum Gasteiger partial charge on any atom is -0.481 e. The lowest BCUT2D eigenvalue weighted by Crippen LogP contribution is -2.28. The van der Waals surface area contributed by atoms with Crippen molar-refractivity contribution in [3.05, 3.63) is 23.7 Å². The maximum atomic E-state index is 10.8. The monoisotopic (exact) mass is 237 g/mol. The topological polar surface area (TPSA) is 53.7 Å². The molecule has 1 heterocycles. The van der Waals surface area contributed by atoms with Gasteiger partial charge in [-0.15, -0.1) is 0 Å². The molecule has 1 aromatic heterocycles. The van der Waals surface area contributed by atoms with Gasteiger partial charge >= 0.3 is 5.97 Å². The van der Waals surface area contributed by atoms with Crippen LogP contribution in [0, 0.1) is 12.3 Å². The van der Waals surface area contributed by atoms with Crippen molar-refractivity contribution in [2.75, 3.05) is 13.6 Å². The number of aliphatic carboxylic acids is 1. The maximum Gasteiger partial charge on any atom is 0.303 e. The van der Waals surface area contributed by atoms with Gasteiger partial charge in [0, 0.05) is 18.7 Å². The number of aryl methyl sites for hydroxylation is 1. The number of furan rings is 1. The van der Waals surface area contributed by atoms with Gasteiger partial charge < -0.3 is 14.4 Å². The minimum atomic E-state index is -0.685. The second-order valence-corrected chi connectivity index (χ2v) is 5.24. The fourth-order valence-corrected chi connectivity index (χ4v) is 2.38. The van der Waals surface area contributed by atoms with Crippen LogP contribution in [0.3, 0.4) is 0 Å². The van der Waals surface area contributed by atoms with Gasteiger partial charge in [0.1, 0.15) is 5.76 Å². The highest BCUT2D eigenvalue weighted by atomic mass is 16.4. The number of carboxylic acids is 1. The molecule has 0 aliphatic heterocycles. The van der Waals surface area contributed by atoms with E-state index >= 15 is 0 Å². The molecule has 4 heteroatoms. The normalized spacial score (nSPS) is 17.4. The molecular formula is C13H19NO3. The second-order valence-electron chi connectivity index (χ2n) is 5.24. The van der Waals surface area contributed by atoms with E-state index < -0.39 is 5.97 Å². The molecule has 94 valence electrons. The van der Waals surface area contributed by atoms with Crippen molar-refractivity contribution in [2.24, 2.45) is 5.41 Å². The Bertz CT molecular complexity index is 407. The highest BCUT2D eigenvalue weighted by Crippen LogP contribution is 2.49. The van der Waals surface area contributed by atoms with E-state index in [1.54, 1.807) is 6.26 Å². The highest BCUT2D eigenvalue weighted by molar-refractivity contribution is 5.68. The Morgan fingerprint density at radius 1 is 1.59 bits per heavy atom. The summed E-state index contributed by atoms with van der Waals surface area (Å²) in [5.41, 5.74) is 1.21. The van der Waals surface area contributed by atoms with Gasteiger partial charge in [-0.1, -0.05) is 0 Å². The standard InChI is InChI=1S/C13H19NO3/c1-10-11(3-6-17-10)8-14(2)9-13(4-5-13)7-12(15)16/h3,6H,4-5,7-9H2,1-2H3,(H,15,16). The highest BCUT2D eigenvalue weighted by Gasteiger charge is 2.44. The van der Waals surface area contributed by atoms with Crippen LogP contribution < -0.4 is 0 Å². The summed E-state index contributed by atoms with van der Waals surface area (Å²) in [6.07, 6.45) is 4.06. The molecule has 1 aliphatic carbocycles. The molecule has 0 saturated heterocycles. The third-order valence-electron chi connectivity index (χ3n) is 3.50. The second kappa shape index (κ2) is 4.53. The Hall–Kier alpha value is -1.29. The molecule has 0 radical (unpaired) electrons. The lowest BCUT2D eigenvalue weighted by atomic mass is 10.0. The summed E-state index contributed by atoms with van der Waals surface area (Å²) >= 11 is 0. The van der Waals surface area contributed by atoms with E-state index in [1.165, 1.54) is 5.56 Å². The molecule has 1 aromatic rings. The van der Waals surface area contributed by atoms with Gasteiger partial charge in [0.25, 0.3) is 0 Å². The Morgan fingerprint density at radius 3 is 2.76 bits per heavy atom. The van der Waals surface area contributed by atoms with Crippen LogP contribution in [0.25, 0.3) is 0 Å². The number of nitrogens with zero attached hydrogens (tertiary/aromatic N) is 1. The van der Waals surface area contributed by atoms with Crippen LogP contribution in [0.1, 0.15) is 30.6 Å². The van der Waals surface area contributed by atoms with Gasteiger partial charge in [0.2, 0.25) is 0 Å². The Labute approximate surface area is 101 Å². The Morgan fingerprint density at radius 2 is 2.29 bits per heavy atom. The van der Waals surface area contributed by atoms with E-state index in [4.69, 9.17) is 9.52 Å². The molecule has 0 spiro atoms. The zero-order chi connectivity index (χ0) is 12.5. The smallest absolute Gasteiger partial charge is 0.303 e. The van der Waals surface area contributed by atoms with Crippen LogP contribution in [0.2, 0.25) is 0 Å². The largest absolute Gasteiger partial charge is 0.481 e. The molecule has 0 bridgehead atoms. The maximum absolute atomic E-state index is 10.8. The van der Waals surface area contributed by atoms with Gasteiger partial charge in [-0.2, -0.15) is 0 Å². The van der Waals surface area contributed by atoms with E-state index in [9.17, 15) is 4.79 Å². The van der Waals surface area contributed by atoms with E-state index in [1.807, 2.05) is 20.0 Å². The molecule has 0 unspecified atom stereocenters. The van der Waals surface area contributed by atoms with E-state index in [0.29, 0.717) is 6.42 Å². The molecule has 0 amide bonds. The average molecular weight is 237 g/mol. The fourth-order valence-electron chi connectivity index (χ4n) is 2.38. The molecule has 1 saturated carbocycles. The molecule has 2 rings (SSSR count). The zero-order valence-electron chi connectivity index (χ0n) is 10.4. The van der Waals surface area contributed by atoms with Crippen molar-refractivity contribution in [2.45, 2.75) is 32.7 Å². The molecule has 4 nitrogen and oxygen atoms in total. The van der Waals surface area contributed by atoms with Crippen LogP contribution in [0.4, 0.5) is 0 Å². The van der Waals surface area contributed by atoms with Crippen LogP contribution >= 0.6 is 0 Å². The molecule has 1 N–H and O–H groups in total. The summed E-state index contributed by atoms with van der Waals surface area (Å²) in [5, 5.41) is 8.87. The van der Waals surface area contributed by atoms with Gasteiger partial charge in [0.05, 0.1) is 12.7 Å². The third kappa shape index (κ3) is 3.09. The van der Waals surface area contributed by atoms with Crippen LogP contribution in [-0.4, -0.2) is 29.6 Å². The SMILES string of the molecule is Cc1occc1CN(C)CC1(CC(=O)O)CC1. The van der Waals surface area contributed by atoms with E-state index in [0.717, 1.165) is 31.7 Å². The number of carbonyl (C=O) groups is 1. The van der Waals surface area contributed by atoms with Gasteiger partial charge in [0.15, 0.2) is 0 Å². The molecule has 0 aromatic carbocycles. The van der Waals surface area contributed by atoms with Gasteiger partial charge in [-0.3, -0.25) is 4.79 Å². The molecule has 0 atom stereocenters. The minimum absolute atomic E-state index is 0.0260. The van der Waals surface area contributed by atoms with E-state index in [2.05, 4.69) is 4.90 Å². The zero-order valence-corrected chi connectivity index (χ0v) is 10.4. The average Bonchev–Trinajstić information content (AvgIpc) is 2.82. The molecule has 17 heavy (non-hydrogen) atoms. The van der Waals surface area contributed by atoms with Crippen molar-refractivity contribution < 1.29 is 14.3 Å². The van der Waals surface area contributed by atoms with Crippen LogP contribution in [0.5, 0.6) is 0 Å². The van der Waals surface area contributed by atoms with Crippen molar-refractivity contribution >= 4 is 5.97 Å². The van der Waals surface area contributed by atoms with Crippen molar-refractivity contribution in [1.29, 1.82) is 0 Å². The Balaban J connectivity index is 1.87. The Kier molecular flexibility index (Phi) is 3.24. The molecule has 1 fully saturated rings. The summed E-state index contributed by atoms with van der Waals surface area (Å²) in [7, 11) is 2.04. The van der Waals surface area contributed by atoms with Crippen LogP contribution in [-0.2, 0) is 11.3 Å². The fraction of sp³-hybridized carbons (Fsp3) is 0.615.